The normalized spacial score (nSPS) is 26.8. The van der Waals surface area contributed by atoms with Crippen LogP contribution < -0.4 is 32.7 Å². The Kier molecular flexibility index (Phi) is 14.9. The summed E-state index contributed by atoms with van der Waals surface area (Å²) in [4.78, 5) is 70.7. The quantitative estimate of drug-likeness (QED) is 0.0901. The number of unbranched alkanes of at least 4 members (excludes halogenated alkanes) is 5. The number of phenolic OH excluding ortho intramolecular Hbond substituents is 2. The molecule has 0 unspecified atom stereocenters. The van der Waals surface area contributed by atoms with Crippen LogP contribution in [0.4, 0.5) is 0 Å². The van der Waals surface area contributed by atoms with Crippen molar-refractivity contribution in [2.24, 2.45) is 28.7 Å². The van der Waals surface area contributed by atoms with E-state index in [2.05, 4.69) is 49.0 Å². The highest BCUT2D eigenvalue weighted by atomic mass is 16.7. The Morgan fingerprint density at radius 3 is 2.37 bits per heavy atom. The third-order valence-corrected chi connectivity index (χ3v) is 13.9. The van der Waals surface area contributed by atoms with Crippen LogP contribution in [0.1, 0.15) is 115 Å². The number of rotatable bonds is 16. The van der Waals surface area contributed by atoms with Gasteiger partial charge < -0.3 is 57.2 Å². The van der Waals surface area contributed by atoms with Crippen LogP contribution in [-0.4, -0.2) is 102 Å². The number of benzene rings is 2. The number of hydrogen-bond donors (Lipinski definition) is 8. The largest absolute Gasteiger partial charge is 0.507 e. The van der Waals surface area contributed by atoms with Gasteiger partial charge in [0, 0.05) is 31.0 Å². The number of hydrogen-bond acceptors (Lipinski definition) is 11. The SMILES string of the molecule is CCCCCCCC(=O)N[C@@H](CCCCN)C(=O)N(C)[C@@H]1C(=O)N[C@@H](N)C(=O)N[C@H](C(=O)NCB2O[C@@H]3C[C@@H]4C[C@@H](C4(C)C)[C@]3(C)O2)Cc2ccc(O)c(c2)-c2cc1ccc2O. The van der Waals surface area contributed by atoms with E-state index in [9.17, 15) is 34.2 Å². The van der Waals surface area contributed by atoms with Gasteiger partial charge in [-0.15, -0.1) is 0 Å². The Balaban J connectivity index is 1.24. The molecule has 3 aliphatic carbocycles. The first-order chi connectivity index (χ1) is 29.5. The lowest BCUT2D eigenvalue weighted by Crippen LogP contribution is -2.65. The number of nitrogens with one attached hydrogen (secondary N) is 4. The minimum atomic E-state index is -1.66. The lowest BCUT2D eigenvalue weighted by atomic mass is 9.43. The number of aromatic hydroxyl groups is 2. The third-order valence-electron chi connectivity index (χ3n) is 13.9. The summed E-state index contributed by atoms with van der Waals surface area (Å²) >= 11 is 0. The molecule has 16 nitrogen and oxygen atoms in total. The maximum Gasteiger partial charge on any atom is 0.478 e. The molecule has 2 aromatic rings. The standard InChI is InChI=1S/C45H66BN7O9/c1-6-7-8-9-10-14-37(56)50-31(13-11-12-19-47)43(60)53(5)38-27-16-18-34(55)30(22-27)29-20-26(15-17-33(29)54)21-32(51-42(59)39(48)52-41(38)58)40(57)49-25-46-61-36-24-28-23-35(44(28,2)3)45(36,4)62-46/h15-18,20,22,28,31-32,35-36,38-39,54-55H,6-14,19,21,23-25,47-48H2,1-5H3,(H,49,57)(H,50,56)(H,51,59)(H,52,58)/t28-,31-,32-,35-,36+,38-,39+,45-/m0/s1. The van der Waals surface area contributed by atoms with E-state index >= 15 is 0 Å². The molecule has 0 spiro atoms. The molecular formula is C45H66BN7O9. The molecular weight excluding hydrogens is 793 g/mol. The first-order valence-electron chi connectivity index (χ1n) is 22.4. The summed E-state index contributed by atoms with van der Waals surface area (Å²) in [6.07, 6.45) is 6.54. The summed E-state index contributed by atoms with van der Waals surface area (Å²) in [5.74, 6) is -2.67. The van der Waals surface area contributed by atoms with E-state index in [1.54, 1.807) is 12.1 Å². The fourth-order valence-electron chi connectivity index (χ4n) is 10.0. The molecule has 10 N–H and O–H groups in total. The molecule has 2 aromatic carbocycles. The van der Waals surface area contributed by atoms with E-state index < -0.39 is 60.6 Å². The van der Waals surface area contributed by atoms with Gasteiger partial charge in [0.2, 0.25) is 23.6 Å². The average Bonchev–Trinajstić information content (AvgIpc) is 3.59. The monoisotopic (exact) mass is 860 g/mol. The first kappa shape index (κ1) is 46.8. The lowest BCUT2D eigenvalue weighted by molar-refractivity contribution is -0.199. The van der Waals surface area contributed by atoms with Crippen LogP contribution in [0.15, 0.2) is 36.4 Å². The Morgan fingerprint density at radius 1 is 0.952 bits per heavy atom. The second-order valence-corrected chi connectivity index (χ2v) is 18.4. The summed E-state index contributed by atoms with van der Waals surface area (Å²) in [6, 6.07) is 5.26. The number of fused-ring (bicyclic) bond motifs is 5. The van der Waals surface area contributed by atoms with Crippen molar-refractivity contribution < 1.29 is 43.5 Å². The van der Waals surface area contributed by atoms with E-state index in [1.165, 1.54) is 36.2 Å². The summed E-state index contributed by atoms with van der Waals surface area (Å²) in [5, 5.41) is 33.2. The first-order valence-corrected chi connectivity index (χ1v) is 22.4. The van der Waals surface area contributed by atoms with Crippen LogP contribution in [0.2, 0.25) is 0 Å². The van der Waals surface area contributed by atoms with Gasteiger partial charge in [0.25, 0.3) is 5.91 Å². The van der Waals surface area contributed by atoms with Gasteiger partial charge in [-0.2, -0.15) is 0 Å². The predicted octanol–water partition coefficient (Wildman–Crippen LogP) is 3.06. The van der Waals surface area contributed by atoms with Gasteiger partial charge in [0.15, 0.2) is 6.17 Å². The zero-order chi connectivity index (χ0) is 44.9. The van der Waals surface area contributed by atoms with Crippen molar-refractivity contribution in [1.82, 2.24) is 26.2 Å². The van der Waals surface area contributed by atoms with Crippen molar-refractivity contribution in [2.75, 3.05) is 20.0 Å². The van der Waals surface area contributed by atoms with Crippen molar-refractivity contribution in [3.05, 3.63) is 47.5 Å². The molecule has 17 heteroatoms. The number of nitrogens with two attached hydrogens (primary N) is 2. The Hall–Kier alpha value is -4.71. The minimum Gasteiger partial charge on any atom is -0.507 e. The van der Waals surface area contributed by atoms with E-state index in [0.29, 0.717) is 43.2 Å². The van der Waals surface area contributed by atoms with Crippen LogP contribution in [0.3, 0.4) is 0 Å². The van der Waals surface area contributed by atoms with Gasteiger partial charge in [0.1, 0.15) is 29.6 Å². The van der Waals surface area contributed by atoms with Crippen molar-refractivity contribution >= 4 is 36.7 Å². The number of carbonyl (C=O) groups is 5. The maximum absolute atomic E-state index is 14.4. The van der Waals surface area contributed by atoms with Gasteiger partial charge in [-0.25, -0.2) is 0 Å². The summed E-state index contributed by atoms with van der Waals surface area (Å²) < 4.78 is 12.8. The van der Waals surface area contributed by atoms with E-state index in [4.69, 9.17) is 20.8 Å². The minimum absolute atomic E-state index is 0.0219. The summed E-state index contributed by atoms with van der Waals surface area (Å²) in [7, 11) is 0.715. The Bertz CT molecular complexity index is 1980. The average molecular weight is 860 g/mol. The molecule has 2 heterocycles. The van der Waals surface area contributed by atoms with Crippen LogP contribution in [0.25, 0.3) is 11.1 Å². The Labute approximate surface area is 365 Å². The molecule has 3 saturated carbocycles. The molecule has 6 bridgehead atoms. The van der Waals surface area contributed by atoms with Crippen molar-refractivity contribution in [2.45, 2.75) is 141 Å². The van der Waals surface area contributed by atoms with Crippen LogP contribution >= 0.6 is 0 Å². The van der Waals surface area contributed by atoms with Crippen molar-refractivity contribution in [3.63, 3.8) is 0 Å². The fourth-order valence-corrected chi connectivity index (χ4v) is 10.0. The van der Waals surface area contributed by atoms with Crippen molar-refractivity contribution in [3.8, 4) is 22.6 Å². The zero-order valence-corrected chi connectivity index (χ0v) is 36.8. The highest BCUT2D eigenvalue weighted by Gasteiger charge is 2.67. The smallest absolute Gasteiger partial charge is 0.478 e. The number of phenols is 2. The molecule has 1 saturated heterocycles. The van der Waals surface area contributed by atoms with Crippen molar-refractivity contribution in [1.29, 1.82) is 0 Å². The molecule has 8 atom stereocenters. The summed E-state index contributed by atoms with van der Waals surface area (Å²) in [5.41, 5.74) is 12.8. The predicted molar refractivity (Wildman–Crippen MR) is 234 cm³/mol. The Morgan fingerprint density at radius 2 is 1.66 bits per heavy atom. The van der Waals surface area contributed by atoms with Gasteiger partial charge in [-0.05, 0) is 105 Å². The molecule has 5 aliphatic rings. The number of nitrogens with zero attached hydrogens (tertiary/aromatic N) is 1. The highest BCUT2D eigenvalue weighted by molar-refractivity contribution is 6.46. The van der Waals surface area contributed by atoms with Gasteiger partial charge in [0.05, 0.1) is 18.1 Å². The number of carbonyl (C=O) groups excluding carboxylic acids is 5. The molecule has 338 valence electrons. The summed E-state index contributed by atoms with van der Waals surface area (Å²) in [6.45, 7) is 9.12. The molecule has 2 aliphatic heterocycles. The maximum atomic E-state index is 14.4. The molecule has 5 amide bonds. The molecule has 0 aromatic heterocycles. The van der Waals surface area contributed by atoms with Gasteiger partial charge >= 0.3 is 7.12 Å². The van der Waals surface area contributed by atoms with E-state index in [-0.39, 0.29) is 71.3 Å². The van der Waals surface area contributed by atoms with Crippen LogP contribution in [0.5, 0.6) is 11.5 Å². The van der Waals surface area contributed by atoms with Crippen LogP contribution in [0, 0.1) is 17.3 Å². The van der Waals surface area contributed by atoms with Gasteiger partial charge in [-0.3, -0.25) is 24.0 Å². The molecule has 4 fully saturated rings. The number of likely N-dealkylation sites (N-methyl/N-ethyl adjacent to an activating group) is 1. The third kappa shape index (κ3) is 10.1. The van der Waals surface area contributed by atoms with Crippen LogP contribution in [-0.2, 0) is 39.7 Å². The topological polar surface area (TPSA) is 248 Å². The second-order valence-electron chi connectivity index (χ2n) is 18.4. The fraction of sp³-hybridized carbons (Fsp3) is 0.622. The zero-order valence-electron chi connectivity index (χ0n) is 36.8. The lowest BCUT2D eigenvalue weighted by Gasteiger charge is -2.64. The molecule has 62 heavy (non-hydrogen) atoms. The highest BCUT2D eigenvalue weighted by Crippen LogP contribution is 2.65. The molecule has 7 rings (SSSR count). The second kappa shape index (κ2) is 19.8. The van der Waals surface area contributed by atoms with E-state index in [1.807, 2.05) is 0 Å². The van der Waals surface area contributed by atoms with E-state index in [0.717, 1.165) is 38.5 Å². The van der Waals surface area contributed by atoms with Gasteiger partial charge in [-0.1, -0.05) is 58.6 Å². The molecule has 0 radical (unpaired) electrons. The number of amides is 5.